The zero-order valence-corrected chi connectivity index (χ0v) is 16.7. The third kappa shape index (κ3) is 5.27. The van der Waals surface area contributed by atoms with Crippen molar-refractivity contribution in [1.29, 1.82) is 0 Å². The second kappa shape index (κ2) is 9.76. The van der Waals surface area contributed by atoms with Gasteiger partial charge >= 0.3 is 0 Å². The Balaban J connectivity index is 2.01. The van der Waals surface area contributed by atoms with Crippen LogP contribution in [0, 0.1) is 6.92 Å². The van der Waals surface area contributed by atoms with Crippen molar-refractivity contribution < 1.29 is 18.7 Å². The van der Waals surface area contributed by atoms with Gasteiger partial charge in [0.15, 0.2) is 0 Å². The maximum Gasteiger partial charge on any atom is 0.278 e. The van der Waals surface area contributed by atoms with Gasteiger partial charge < -0.3 is 10.1 Å². The van der Waals surface area contributed by atoms with Gasteiger partial charge in [0, 0.05) is 42.9 Å². The van der Waals surface area contributed by atoms with Crippen LogP contribution in [-0.4, -0.2) is 46.7 Å². The topological polar surface area (TPSA) is 84.4 Å². The molecule has 1 saturated heterocycles. The number of aryl methyl sites for hydroxylation is 1. The molecule has 0 saturated carbocycles. The van der Waals surface area contributed by atoms with E-state index in [1.165, 1.54) is 18.7 Å². The van der Waals surface area contributed by atoms with Crippen molar-refractivity contribution in [2.45, 2.75) is 37.5 Å². The molecular formula is C20H22ClFN4O3. The summed E-state index contributed by atoms with van der Waals surface area (Å²) in [4.78, 5) is 34.9. The van der Waals surface area contributed by atoms with E-state index in [4.69, 9.17) is 16.3 Å². The Kier molecular flexibility index (Phi) is 7.11. The van der Waals surface area contributed by atoms with Crippen molar-refractivity contribution in [2.75, 3.05) is 18.1 Å². The lowest BCUT2D eigenvalue weighted by Crippen LogP contribution is -2.49. The SMILES string of the molecule is Cc1ccc(N(C(=O)[C@H](F)Cl)[C@@H](C(=O)NC2CCOCC2)c2cncnc2)cc1. The largest absolute Gasteiger partial charge is 0.381 e. The van der Waals surface area contributed by atoms with Crippen LogP contribution in [0.1, 0.15) is 30.0 Å². The molecule has 2 heterocycles. The number of nitrogens with one attached hydrogen (secondary N) is 1. The van der Waals surface area contributed by atoms with Crippen LogP contribution in [-0.2, 0) is 14.3 Å². The molecule has 1 fully saturated rings. The Labute approximate surface area is 173 Å². The van der Waals surface area contributed by atoms with E-state index in [1.54, 1.807) is 24.3 Å². The standard InChI is InChI=1S/C20H22ClFN4O3/c1-13-2-4-16(5-3-13)26(20(28)18(21)22)17(14-10-23-12-24-11-14)19(27)25-15-6-8-29-9-7-15/h2-5,10-12,15,17-18H,6-9H2,1H3,(H,25,27)/t17-,18+/m1/s1. The van der Waals surface area contributed by atoms with E-state index < -0.39 is 23.5 Å². The van der Waals surface area contributed by atoms with Crippen molar-refractivity contribution in [2.24, 2.45) is 0 Å². The number of hydrogen-bond acceptors (Lipinski definition) is 5. The van der Waals surface area contributed by atoms with Gasteiger partial charge in [-0.25, -0.2) is 14.4 Å². The van der Waals surface area contributed by atoms with Crippen molar-refractivity contribution in [3.8, 4) is 0 Å². The Morgan fingerprint density at radius 1 is 1.21 bits per heavy atom. The summed E-state index contributed by atoms with van der Waals surface area (Å²) in [6.07, 6.45) is 5.48. The number of nitrogens with zero attached hydrogens (tertiary/aromatic N) is 3. The summed E-state index contributed by atoms with van der Waals surface area (Å²) in [5, 5.41) is 2.94. The van der Waals surface area contributed by atoms with Gasteiger partial charge in [-0.2, -0.15) is 0 Å². The van der Waals surface area contributed by atoms with Crippen molar-refractivity contribution >= 4 is 29.1 Å². The molecular weight excluding hydrogens is 399 g/mol. The summed E-state index contributed by atoms with van der Waals surface area (Å²) >= 11 is 5.49. The molecule has 7 nitrogen and oxygen atoms in total. The van der Waals surface area contributed by atoms with Crippen molar-refractivity contribution in [1.82, 2.24) is 15.3 Å². The fourth-order valence-corrected chi connectivity index (χ4v) is 3.31. The molecule has 2 aromatic rings. The molecule has 2 atom stereocenters. The van der Waals surface area contributed by atoms with Gasteiger partial charge in [0.05, 0.1) is 0 Å². The smallest absolute Gasteiger partial charge is 0.278 e. The predicted octanol–water partition coefficient (Wildman–Crippen LogP) is 2.69. The summed E-state index contributed by atoms with van der Waals surface area (Å²) in [7, 11) is 0. The molecule has 0 spiro atoms. The molecule has 3 rings (SSSR count). The minimum absolute atomic E-state index is 0.101. The van der Waals surface area contributed by atoms with Gasteiger partial charge in [0.2, 0.25) is 5.91 Å². The zero-order valence-electron chi connectivity index (χ0n) is 15.9. The minimum Gasteiger partial charge on any atom is -0.381 e. The van der Waals surface area contributed by atoms with E-state index >= 15 is 0 Å². The van der Waals surface area contributed by atoms with Gasteiger partial charge in [-0.05, 0) is 31.9 Å². The van der Waals surface area contributed by atoms with E-state index in [9.17, 15) is 14.0 Å². The number of rotatable bonds is 6. The number of carbonyl (C=O) groups excluding carboxylic acids is 2. The Morgan fingerprint density at radius 2 is 1.83 bits per heavy atom. The number of alkyl halides is 2. The summed E-state index contributed by atoms with van der Waals surface area (Å²) in [6, 6.07) is 5.55. The Morgan fingerprint density at radius 3 is 2.41 bits per heavy atom. The van der Waals surface area contributed by atoms with Crippen LogP contribution in [0.2, 0.25) is 0 Å². The molecule has 0 unspecified atom stereocenters. The molecule has 1 aliphatic heterocycles. The number of anilines is 1. The lowest BCUT2D eigenvalue weighted by Gasteiger charge is -2.33. The summed E-state index contributed by atoms with van der Waals surface area (Å²) in [6.45, 7) is 2.97. The van der Waals surface area contributed by atoms with Gasteiger partial charge in [-0.15, -0.1) is 0 Å². The summed E-state index contributed by atoms with van der Waals surface area (Å²) in [5.74, 6) is -1.50. The lowest BCUT2D eigenvalue weighted by molar-refractivity contribution is -0.128. The van der Waals surface area contributed by atoms with E-state index in [0.717, 1.165) is 10.5 Å². The second-order valence-corrected chi connectivity index (χ2v) is 7.20. The molecule has 154 valence electrons. The van der Waals surface area contributed by atoms with Crippen molar-refractivity contribution in [3.63, 3.8) is 0 Å². The number of halogens is 2. The monoisotopic (exact) mass is 420 g/mol. The van der Waals surface area contributed by atoms with Crippen molar-refractivity contribution in [3.05, 3.63) is 54.1 Å². The molecule has 29 heavy (non-hydrogen) atoms. The first-order valence-corrected chi connectivity index (χ1v) is 9.72. The Bertz CT molecular complexity index is 829. The first-order valence-electron chi connectivity index (χ1n) is 9.28. The van der Waals surface area contributed by atoms with Crippen LogP contribution < -0.4 is 10.2 Å². The minimum atomic E-state index is -2.31. The highest BCUT2D eigenvalue weighted by atomic mass is 35.5. The average molecular weight is 421 g/mol. The second-order valence-electron chi connectivity index (χ2n) is 6.81. The maximum atomic E-state index is 13.9. The van der Waals surface area contributed by atoms with Crippen LogP contribution in [0.15, 0.2) is 43.0 Å². The van der Waals surface area contributed by atoms with E-state index in [-0.39, 0.29) is 6.04 Å². The highest BCUT2D eigenvalue weighted by Gasteiger charge is 2.37. The molecule has 1 aromatic heterocycles. The molecule has 0 bridgehead atoms. The van der Waals surface area contributed by atoms with Gasteiger partial charge in [-0.3, -0.25) is 14.5 Å². The van der Waals surface area contributed by atoms with E-state index in [2.05, 4.69) is 15.3 Å². The molecule has 0 radical (unpaired) electrons. The maximum absolute atomic E-state index is 13.9. The number of benzene rings is 1. The summed E-state index contributed by atoms with van der Waals surface area (Å²) < 4.78 is 19.2. The number of ether oxygens (including phenoxy) is 1. The fourth-order valence-electron chi connectivity index (χ4n) is 3.21. The van der Waals surface area contributed by atoms with Gasteiger partial charge in [0.1, 0.15) is 12.4 Å². The van der Waals surface area contributed by atoms with Gasteiger partial charge in [0.25, 0.3) is 11.5 Å². The van der Waals surface area contributed by atoms with E-state index in [1.807, 2.05) is 6.92 Å². The molecule has 1 N–H and O–H groups in total. The van der Waals surface area contributed by atoms with Crippen LogP contribution in [0.5, 0.6) is 0 Å². The normalized spacial score (nSPS) is 16.7. The first-order chi connectivity index (χ1) is 14.0. The average Bonchev–Trinajstić information content (AvgIpc) is 2.73. The first kappa shape index (κ1) is 21.1. The van der Waals surface area contributed by atoms with Crippen LogP contribution in [0.4, 0.5) is 10.1 Å². The predicted molar refractivity (Wildman–Crippen MR) is 106 cm³/mol. The summed E-state index contributed by atoms with van der Waals surface area (Å²) in [5.41, 5.74) is -0.655. The number of carbonyl (C=O) groups is 2. The molecule has 1 aromatic carbocycles. The Hall–Kier alpha value is -2.58. The fraction of sp³-hybridized carbons (Fsp3) is 0.400. The molecule has 2 amide bonds. The molecule has 9 heteroatoms. The third-order valence-electron chi connectivity index (χ3n) is 4.71. The molecule has 1 aliphatic rings. The van der Waals surface area contributed by atoms with Crippen LogP contribution >= 0.6 is 11.6 Å². The van der Waals surface area contributed by atoms with E-state index in [0.29, 0.717) is 37.3 Å². The van der Waals surface area contributed by atoms with Gasteiger partial charge in [-0.1, -0.05) is 29.3 Å². The number of amides is 2. The number of aromatic nitrogens is 2. The third-order valence-corrected chi connectivity index (χ3v) is 4.89. The number of hydrogen-bond donors (Lipinski definition) is 1. The quantitative estimate of drug-likeness (QED) is 0.726. The van der Waals surface area contributed by atoms with Crippen LogP contribution in [0.25, 0.3) is 0 Å². The lowest BCUT2D eigenvalue weighted by atomic mass is 10.0. The highest BCUT2D eigenvalue weighted by molar-refractivity contribution is 6.32. The zero-order chi connectivity index (χ0) is 20.8. The van der Waals surface area contributed by atoms with Crippen LogP contribution in [0.3, 0.4) is 0 Å². The highest BCUT2D eigenvalue weighted by Crippen LogP contribution is 2.30. The molecule has 0 aliphatic carbocycles.